The highest BCUT2D eigenvalue weighted by Gasteiger charge is 2.32. The van der Waals surface area contributed by atoms with Crippen LogP contribution in [0.5, 0.6) is 0 Å². The molecule has 0 bridgehead atoms. The van der Waals surface area contributed by atoms with Gasteiger partial charge in [-0.3, -0.25) is 14.8 Å². The Bertz CT molecular complexity index is 668. The van der Waals surface area contributed by atoms with Crippen molar-refractivity contribution >= 4 is 11.7 Å². The summed E-state index contributed by atoms with van der Waals surface area (Å²) in [6.07, 6.45) is -2.12. The average Bonchev–Trinajstić information content (AvgIpc) is 2.42. The first-order chi connectivity index (χ1) is 9.77. The normalized spacial score (nSPS) is 11.3. The number of nitrogens with one attached hydrogen (secondary N) is 1. The first-order valence-electron chi connectivity index (χ1n) is 5.92. The maximum atomic E-state index is 12.4. The molecule has 1 N–H and O–H groups in total. The Morgan fingerprint density at radius 2 is 1.86 bits per heavy atom. The molecule has 0 saturated heterocycles. The van der Waals surface area contributed by atoms with Crippen LogP contribution in [0.4, 0.5) is 19.0 Å². The molecule has 0 aliphatic rings. The van der Waals surface area contributed by atoms with E-state index in [2.05, 4.69) is 20.3 Å². The Morgan fingerprint density at radius 3 is 2.43 bits per heavy atom. The van der Waals surface area contributed by atoms with Crippen LogP contribution >= 0.6 is 0 Å². The Labute approximate surface area is 118 Å². The van der Waals surface area contributed by atoms with Gasteiger partial charge in [-0.2, -0.15) is 13.2 Å². The van der Waals surface area contributed by atoms with Crippen molar-refractivity contribution in [1.29, 1.82) is 0 Å². The third kappa shape index (κ3) is 3.53. The number of alkyl halides is 3. The van der Waals surface area contributed by atoms with E-state index in [4.69, 9.17) is 0 Å². The van der Waals surface area contributed by atoms with Crippen molar-refractivity contribution in [2.24, 2.45) is 0 Å². The molecule has 2 aromatic heterocycles. The van der Waals surface area contributed by atoms with E-state index in [9.17, 15) is 18.0 Å². The van der Waals surface area contributed by atoms with Crippen LogP contribution in [-0.4, -0.2) is 20.9 Å². The minimum Gasteiger partial charge on any atom is -0.305 e. The standard InChI is InChI=1S/C13H11F3N4O/c1-7-5-17-8(2)11(19-7)20-12(21)9-3-4-10(18-6-9)13(14,15)16/h3-6H,1-2H3,(H,19,20,21). The molecule has 0 spiro atoms. The molecule has 0 aromatic carbocycles. The molecule has 8 heteroatoms. The zero-order valence-electron chi connectivity index (χ0n) is 11.2. The molecule has 2 rings (SSSR count). The van der Waals surface area contributed by atoms with Gasteiger partial charge in [0.15, 0.2) is 5.82 Å². The van der Waals surface area contributed by atoms with E-state index >= 15 is 0 Å². The topological polar surface area (TPSA) is 67.8 Å². The molecular weight excluding hydrogens is 285 g/mol. The van der Waals surface area contributed by atoms with Crippen LogP contribution in [0.15, 0.2) is 24.5 Å². The molecule has 0 radical (unpaired) electrons. The smallest absolute Gasteiger partial charge is 0.305 e. The Kier molecular flexibility index (Phi) is 3.88. The zero-order chi connectivity index (χ0) is 15.6. The van der Waals surface area contributed by atoms with Crippen molar-refractivity contribution in [2.75, 3.05) is 5.32 Å². The molecular formula is C13H11F3N4O. The van der Waals surface area contributed by atoms with E-state index in [1.807, 2.05) is 0 Å². The molecule has 5 nitrogen and oxygen atoms in total. The molecule has 0 aliphatic carbocycles. The number of aryl methyl sites for hydroxylation is 2. The fourth-order valence-corrected chi connectivity index (χ4v) is 1.53. The highest BCUT2D eigenvalue weighted by Crippen LogP contribution is 2.27. The van der Waals surface area contributed by atoms with E-state index in [0.29, 0.717) is 11.4 Å². The van der Waals surface area contributed by atoms with Gasteiger partial charge in [0.1, 0.15) is 5.69 Å². The van der Waals surface area contributed by atoms with Gasteiger partial charge in [0.05, 0.1) is 17.0 Å². The molecule has 0 aliphatic heterocycles. The van der Waals surface area contributed by atoms with Crippen molar-refractivity contribution in [3.8, 4) is 0 Å². The van der Waals surface area contributed by atoms with Gasteiger partial charge in [-0.1, -0.05) is 0 Å². The molecule has 21 heavy (non-hydrogen) atoms. The Hall–Kier alpha value is -2.51. The van der Waals surface area contributed by atoms with Gasteiger partial charge < -0.3 is 5.32 Å². The van der Waals surface area contributed by atoms with Gasteiger partial charge in [-0.25, -0.2) is 4.98 Å². The summed E-state index contributed by atoms with van der Waals surface area (Å²) in [6.45, 7) is 3.37. The van der Waals surface area contributed by atoms with Crippen molar-refractivity contribution in [3.05, 3.63) is 47.2 Å². The third-order valence-electron chi connectivity index (χ3n) is 2.62. The summed E-state index contributed by atoms with van der Waals surface area (Å²) >= 11 is 0. The average molecular weight is 296 g/mol. The number of aromatic nitrogens is 3. The number of anilines is 1. The van der Waals surface area contributed by atoms with Crippen LogP contribution in [0.1, 0.15) is 27.4 Å². The summed E-state index contributed by atoms with van der Waals surface area (Å²) in [4.78, 5) is 23.3. The highest BCUT2D eigenvalue weighted by molar-refractivity contribution is 6.03. The number of carbonyl (C=O) groups excluding carboxylic acids is 1. The van der Waals surface area contributed by atoms with Gasteiger partial charge in [0, 0.05) is 12.4 Å². The fourth-order valence-electron chi connectivity index (χ4n) is 1.53. The quantitative estimate of drug-likeness (QED) is 0.925. The number of pyridine rings is 1. The minimum atomic E-state index is -4.53. The van der Waals surface area contributed by atoms with Gasteiger partial charge in [0.2, 0.25) is 0 Å². The molecule has 0 atom stereocenters. The van der Waals surface area contributed by atoms with Crippen LogP contribution in [0, 0.1) is 13.8 Å². The van der Waals surface area contributed by atoms with E-state index in [1.165, 1.54) is 0 Å². The lowest BCUT2D eigenvalue weighted by atomic mass is 10.2. The number of nitrogens with zero attached hydrogens (tertiary/aromatic N) is 3. The van der Waals surface area contributed by atoms with Gasteiger partial charge in [-0.15, -0.1) is 0 Å². The summed E-state index contributed by atoms with van der Waals surface area (Å²) in [7, 11) is 0. The predicted octanol–water partition coefficient (Wildman–Crippen LogP) is 2.76. The van der Waals surface area contributed by atoms with Crippen LogP contribution in [0.2, 0.25) is 0 Å². The van der Waals surface area contributed by atoms with Gasteiger partial charge in [-0.05, 0) is 26.0 Å². The molecule has 0 unspecified atom stereocenters. The first kappa shape index (κ1) is 14.9. The number of halogens is 3. The van der Waals surface area contributed by atoms with E-state index in [-0.39, 0.29) is 11.4 Å². The second kappa shape index (κ2) is 5.47. The Morgan fingerprint density at radius 1 is 1.14 bits per heavy atom. The number of amides is 1. The zero-order valence-corrected chi connectivity index (χ0v) is 11.2. The monoisotopic (exact) mass is 296 g/mol. The molecule has 1 amide bonds. The largest absolute Gasteiger partial charge is 0.433 e. The van der Waals surface area contributed by atoms with Gasteiger partial charge >= 0.3 is 6.18 Å². The van der Waals surface area contributed by atoms with Crippen molar-refractivity contribution in [1.82, 2.24) is 15.0 Å². The van der Waals surface area contributed by atoms with Crippen molar-refractivity contribution in [3.63, 3.8) is 0 Å². The summed E-state index contributed by atoms with van der Waals surface area (Å²) in [6, 6.07) is 1.81. The Balaban J connectivity index is 2.19. The summed E-state index contributed by atoms with van der Waals surface area (Å²) < 4.78 is 37.2. The predicted molar refractivity (Wildman–Crippen MR) is 68.7 cm³/mol. The molecule has 0 saturated carbocycles. The van der Waals surface area contributed by atoms with E-state index in [1.54, 1.807) is 20.0 Å². The van der Waals surface area contributed by atoms with Crippen molar-refractivity contribution < 1.29 is 18.0 Å². The van der Waals surface area contributed by atoms with Crippen molar-refractivity contribution in [2.45, 2.75) is 20.0 Å². The highest BCUT2D eigenvalue weighted by atomic mass is 19.4. The molecule has 2 heterocycles. The lowest BCUT2D eigenvalue weighted by molar-refractivity contribution is -0.141. The van der Waals surface area contributed by atoms with Crippen LogP contribution in [0.3, 0.4) is 0 Å². The molecule has 110 valence electrons. The first-order valence-corrected chi connectivity index (χ1v) is 5.92. The van der Waals surface area contributed by atoms with Crippen LogP contribution < -0.4 is 5.32 Å². The summed E-state index contributed by atoms with van der Waals surface area (Å²) in [5, 5.41) is 2.49. The maximum Gasteiger partial charge on any atom is 0.433 e. The summed E-state index contributed by atoms with van der Waals surface area (Å²) in [5.74, 6) is -0.334. The number of hydrogen-bond donors (Lipinski definition) is 1. The van der Waals surface area contributed by atoms with Gasteiger partial charge in [0.25, 0.3) is 5.91 Å². The second-order valence-corrected chi connectivity index (χ2v) is 4.33. The van der Waals surface area contributed by atoms with E-state index < -0.39 is 17.8 Å². The van der Waals surface area contributed by atoms with Crippen LogP contribution in [-0.2, 0) is 6.18 Å². The number of carbonyl (C=O) groups is 1. The molecule has 2 aromatic rings. The van der Waals surface area contributed by atoms with E-state index in [0.717, 1.165) is 18.3 Å². The lowest BCUT2D eigenvalue weighted by Crippen LogP contribution is -2.16. The summed E-state index contributed by atoms with van der Waals surface area (Å²) in [5.41, 5.74) is 0.0755. The SMILES string of the molecule is Cc1cnc(C)c(NC(=O)c2ccc(C(F)(F)F)nc2)n1. The number of hydrogen-bond acceptors (Lipinski definition) is 4. The molecule has 0 fully saturated rings. The fraction of sp³-hybridized carbons (Fsp3) is 0.231. The second-order valence-electron chi connectivity index (χ2n) is 4.33. The third-order valence-corrected chi connectivity index (χ3v) is 2.62. The lowest BCUT2D eigenvalue weighted by Gasteiger charge is -2.08. The van der Waals surface area contributed by atoms with Crippen LogP contribution in [0.25, 0.3) is 0 Å². The number of rotatable bonds is 2. The minimum absolute atomic E-state index is 0.00528. The maximum absolute atomic E-state index is 12.4.